The third kappa shape index (κ3) is 5.82. The number of sulfonamides is 1. The summed E-state index contributed by atoms with van der Waals surface area (Å²) in [6.07, 6.45) is 0.808. The average molecular weight is 555 g/mol. The number of benzene rings is 2. The summed E-state index contributed by atoms with van der Waals surface area (Å²) in [5.74, 6) is 3.16. The SMILES string of the molecule is C[Si](C)(C)C#Cc1ccc2c(c1)cc(S(=O)(=O)N1CCNC(CCC#N)C1)n2S(=O)(=O)c1ccccc1. The molecule has 2 aromatic carbocycles. The topological polar surface area (TPSA) is 112 Å². The highest BCUT2D eigenvalue weighted by molar-refractivity contribution is 7.92. The van der Waals surface area contributed by atoms with E-state index in [9.17, 15) is 16.8 Å². The molecule has 8 nitrogen and oxygen atoms in total. The second-order valence-corrected chi connectivity index (χ2v) is 18.5. The molecule has 0 spiro atoms. The molecule has 0 saturated carbocycles. The van der Waals surface area contributed by atoms with E-state index in [4.69, 9.17) is 5.26 Å². The van der Waals surface area contributed by atoms with Gasteiger partial charge in [-0.15, -0.1) is 5.54 Å². The molecule has 0 amide bonds. The molecule has 1 N–H and O–H groups in total. The van der Waals surface area contributed by atoms with Gasteiger partial charge in [-0.05, 0) is 42.8 Å². The smallest absolute Gasteiger partial charge is 0.269 e. The van der Waals surface area contributed by atoms with Crippen molar-refractivity contribution in [1.29, 1.82) is 5.26 Å². The average Bonchev–Trinajstić information content (AvgIpc) is 3.27. The van der Waals surface area contributed by atoms with Gasteiger partial charge < -0.3 is 5.32 Å². The van der Waals surface area contributed by atoms with Crippen LogP contribution in [0.25, 0.3) is 10.9 Å². The Kier molecular flexibility index (Phi) is 7.65. The first-order valence-electron chi connectivity index (χ1n) is 12.0. The zero-order valence-corrected chi connectivity index (χ0v) is 23.7. The van der Waals surface area contributed by atoms with E-state index in [0.717, 1.165) is 3.97 Å². The van der Waals surface area contributed by atoms with Crippen LogP contribution in [0.2, 0.25) is 19.6 Å². The van der Waals surface area contributed by atoms with Gasteiger partial charge in [0.05, 0.1) is 16.5 Å². The lowest BCUT2D eigenvalue weighted by molar-refractivity contribution is 0.289. The third-order valence-electron chi connectivity index (χ3n) is 6.02. The van der Waals surface area contributed by atoms with Gasteiger partial charge in [-0.3, -0.25) is 0 Å². The number of rotatable bonds is 6. The van der Waals surface area contributed by atoms with Gasteiger partial charge in [-0.1, -0.05) is 43.8 Å². The van der Waals surface area contributed by atoms with Crippen molar-refractivity contribution in [3.63, 3.8) is 0 Å². The maximum absolute atomic E-state index is 13.9. The summed E-state index contributed by atoms with van der Waals surface area (Å²) in [4.78, 5) is -0.00115. The zero-order valence-electron chi connectivity index (χ0n) is 21.1. The van der Waals surface area contributed by atoms with Crippen molar-refractivity contribution in [3.05, 3.63) is 60.2 Å². The van der Waals surface area contributed by atoms with Gasteiger partial charge in [0.25, 0.3) is 20.0 Å². The summed E-state index contributed by atoms with van der Waals surface area (Å²) >= 11 is 0. The molecule has 2 heterocycles. The van der Waals surface area contributed by atoms with E-state index in [-0.39, 0.29) is 34.6 Å². The largest absolute Gasteiger partial charge is 0.311 e. The first-order valence-corrected chi connectivity index (χ1v) is 18.4. The fraction of sp³-hybridized carbons (Fsp3) is 0.346. The van der Waals surface area contributed by atoms with Crippen molar-refractivity contribution in [2.75, 3.05) is 19.6 Å². The van der Waals surface area contributed by atoms with E-state index < -0.39 is 28.1 Å². The molecule has 4 rings (SSSR count). The molecular weight excluding hydrogens is 525 g/mol. The summed E-state index contributed by atoms with van der Waals surface area (Å²) in [6, 6.07) is 16.2. The molecule has 0 bridgehead atoms. The van der Waals surface area contributed by atoms with Crippen LogP contribution in [0.5, 0.6) is 0 Å². The maximum Gasteiger partial charge on any atom is 0.269 e. The monoisotopic (exact) mass is 554 g/mol. The minimum atomic E-state index is -4.23. The highest BCUT2D eigenvalue weighted by atomic mass is 32.2. The van der Waals surface area contributed by atoms with Crippen LogP contribution in [0.4, 0.5) is 0 Å². The molecule has 194 valence electrons. The summed E-state index contributed by atoms with van der Waals surface area (Å²) in [5.41, 5.74) is 4.27. The number of aromatic nitrogens is 1. The molecule has 1 atom stereocenters. The number of nitriles is 1. The van der Waals surface area contributed by atoms with Gasteiger partial charge in [0, 0.05) is 43.0 Å². The number of piperazine rings is 1. The van der Waals surface area contributed by atoms with E-state index in [1.807, 2.05) is 0 Å². The lowest BCUT2D eigenvalue weighted by Crippen LogP contribution is -2.52. The summed E-state index contributed by atoms with van der Waals surface area (Å²) < 4.78 is 57.8. The van der Waals surface area contributed by atoms with Crippen LogP contribution in [-0.4, -0.2) is 58.9 Å². The van der Waals surface area contributed by atoms with Gasteiger partial charge in [0.15, 0.2) is 5.03 Å². The van der Waals surface area contributed by atoms with Crippen LogP contribution in [0.3, 0.4) is 0 Å². The van der Waals surface area contributed by atoms with Crippen LogP contribution >= 0.6 is 0 Å². The molecule has 0 aliphatic carbocycles. The second kappa shape index (κ2) is 10.4. The number of nitrogens with one attached hydrogen (secondary N) is 1. The lowest BCUT2D eigenvalue weighted by Gasteiger charge is -2.32. The quantitative estimate of drug-likeness (QED) is 0.369. The highest BCUT2D eigenvalue weighted by Crippen LogP contribution is 2.31. The summed E-state index contributed by atoms with van der Waals surface area (Å²) in [7, 11) is -10.1. The first kappa shape index (κ1) is 27.1. The van der Waals surface area contributed by atoms with Crippen LogP contribution in [0.15, 0.2) is 64.5 Å². The van der Waals surface area contributed by atoms with Crippen molar-refractivity contribution in [2.45, 2.75) is 48.4 Å². The molecule has 0 radical (unpaired) electrons. The maximum atomic E-state index is 13.9. The van der Waals surface area contributed by atoms with Gasteiger partial charge >= 0.3 is 0 Å². The highest BCUT2D eigenvalue weighted by Gasteiger charge is 2.36. The van der Waals surface area contributed by atoms with Crippen LogP contribution < -0.4 is 5.32 Å². The number of fused-ring (bicyclic) bond motifs is 1. The Bertz CT molecular complexity index is 1620. The molecule has 11 heteroatoms. The molecule has 1 unspecified atom stereocenters. The minimum absolute atomic E-state index is 0.00115. The summed E-state index contributed by atoms with van der Waals surface area (Å²) in [5, 5.41) is 12.4. The van der Waals surface area contributed by atoms with E-state index >= 15 is 0 Å². The van der Waals surface area contributed by atoms with Crippen molar-refractivity contribution in [3.8, 4) is 17.5 Å². The first-order chi connectivity index (χ1) is 17.4. The number of hydrogen-bond donors (Lipinski definition) is 1. The standard InChI is InChI=1S/C26H30N4O4S2Si/c1-37(2,3)17-13-21-11-12-25-22(18-21)19-26(30(25)35(31,32)24-9-5-4-6-10-24)36(33,34)29-16-15-28-23(20-29)8-7-14-27/h4-6,9-12,18-19,23,28H,7-8,15-16,20H2,1-3H3. The second-order valence-electron chi connectivity index (χ2n) is 10.0. The molecule has 1 aromatic heterocycles. The molecule has 1 saturated heterocycles. The fourth-order valence-corrected chi connectivity index (χ4v) is 8.28. The van der Waals surface area contributed by atoms with E-state index in [1.165, 1.54) is 22.5 Å². The van der Waals surface area contributed by atoms with E-state index in [1.54, 1.807) is 36.4 Å². The predicted octanol–water partition coefficient (Wildman–Crippen LogP) is 3.37. The fourth-order valence-electron chi connectivity index (χ4n) is 4.21. The van der Waals surface area contributed by atoms with Gasteiger partial charge in [-0.2, -0.15) is 9.57 Å². The Hall–Kier alpha value is -2.93. The number of hydrogen-bond acceptors (Lipinski definition) is 6. The molecule has 1 fully saturated rings. The minimum Gasteiger partial charge on any atom is -0.311 e. The van der Waals surface area contributed by atoms with Gasteiger partial charge in [0.1, 0.15) is 8.07 Å². The Morgan fingerprint density at radius 3 is 2.43 bits per heavy atom. The van der Waals surface area contributed by atoms with Gasteiger partial charge in [-0.25, -0.2) is 20.8 Å². The van der Waals surface area contributed by atoms with Crippen LogP contribution in [0, 0.1) is 22.8 Å². The Morgan fingerprint density at radius 1 is 1.03 bits per heavy atom. The van der Waals surface area contributed by atoms with Crippen LogP contribution in [0.1, 0.15) is 18.4 Å². The normalized spacial score (nSPS) is 17.2. The zero-order chi connectivity index (χ0) is 26.8. The van der Waals surface area contributed by atoms with E-state index in [0.29, 0.717) is 30.3 Å². The molecular formula is C26H30N4O4S2Si. The van der Waals surface area contributed by atoms with E-state index in [2.05, 4.69) is 42.5 Å². The number of nitrogens with zero attached hydrogens (tertiary/aromatic N) is 3. The Balaban J connectivity index is 1.89. The molecule has 1 aliphatic rings. The third-order valence-corrected chi connectivity index (χ3v) is 10.6. The molecule has 3 aromatic rings. The van der Waals surface area contributed by atoms with Crippen LogP contribution in [-0.2, 0) is 20.0 Å². The predicted molar refractivity (Wildman–Crippen MR) is 147 cm³/mol. The van der Waals surface area contributed by atoms with Crippen molar-refractivity contribution >= 4 is 39.0 Å². The lowest BCUT2D eigenvalue weighted by atomic mass is 10.1. The Labute approximate surface area is 220 Å². The summed E-state index contributed by atoms with van der Waals surface area (Å²) in [6.45, 7) is 7.16. The van der Waals surface area contributed by atoms with Crippen molar-refractivity contribution < 1.29 is 16.8 Å². The van der Waals surface area contributed by atoms with Crippen molar-refractivity contribution in [2.24, 2.45) is 0 Å². The molecule has 1 aliphatic heterocycles. The van der Waals surface area contributed by atoms with Crippen molar-refractivity contribution in [1.82, 2.24) is 13.6 Å². The Morgan fingerprint density at radius 2 is 1.76 bits per heavy atom. The van der Waals surface area contributed by atoms with Gasteiger partial charge in [0.2, 0.25) is 0 Å². The molecule has 37 heavy (non-hydrogen) atoms.